The third-order valence-electron chi connectivity index (χ3n) is 2.11. The Labute approximate surface area is 119 Å². The van der Waals surface area contributed by atoms with Gasteiger partial charge in [0.05, 0.1) is 14.9 Å². The summed E-state index contributed by atoms with van der Waals surface area (Å²) in [5, 5.41) is 8.95. The Morgan fingerprint density at radius 3 is 2.89 bits per heavy atom. The van der Waals surface area contributed by atoms with E-state index in [1.54, 1.807) is 0 Å². The van der Waals surface area contributed by atoms with E-state index in [0.29, 0.717) is 0 Å². The second-order valence-electron chi connectivity index (χ2n) is 3.43. The van der Waals surface area contributed by atoms with Crippen molar-refractivity contribution in [3.05, 3.63) is 44.4 Å². The zero-order chi connectivity index (χ0) is 14.0. The number of hydrogen-bond acceptors (Lipinski definition) is 5. The zero-order valence-corrected chi connectivity index (χ0v) is 11.7. The summed E-state index contributed by atoms with van der Waals surface area (Å²) in [5.41, 5.74) is 5.21. The lowest BCUT2D eigenvalue weighted by atomic mass is 10.2. The van der Waals surface area contributed by atoms with Gasteiger partial charge < -0.3 is 10.7 Å². The molecule has 0 bridgehead atoms. The van der Waals surface area contributed by atoms with Gasteiger partial charge in [-0.15, -0.1) is 0 Å². The quantitative estimate of drug-likeness (QED) is 0.817. The van der Waals surface area contributed by atoms with Gasteiger partial charge in [0.1, 0.15) is 11.9 Å². The number of benzene rings is 1. The van der Waals surface area contributed by atoms with Crippen LogP contribution >= 0.6 is 27.7 Å². The van der Waals surface area contributed by atoms with E-state index >= 15 is 0 Å². The first-order valence-electron chi connectivity index (χ1n) is 4.94. The van der Waals surface area contributed by atoms with Gasteiger partial charge in [0, 0.05) is 6.07 Å². The summed E-state index contributed by atoms with van der Waals surface area (Å²) >= 11 is 3.92. The van der Waals surface area contributed by atoms with Crippen molar-refractivity contribution in [2.45, 2.75) is 10.1 Å². The molecular weight excluding hydrogens is 335 g/mol. The predicted molar refractivity (Wildman–Crippen MR) is 72.2 cm³/mol. The first-order chi connectivity index (χ1) is 9.01. The van der Waals surface area contributed by atoms with Gasteiger partial charge >= 0.3 is 0 Å². The van der Waals surface area contributed by atoms with Gasteiger partial charge in [-0.3, -0.25) is 4.79 Å². The van der Waals surface area contributed by atoms with E-state index in [1.165, 1.54) is 12.1 Å². The number of aromatic nitrogens is 2. The van der Waals surface area contributed by atoms with Crippen LogP contribution in [0.15, 0.2) is 37.5 Å². The van der Waals surface area contributed by atoms with E-state index < -0.39 is 11.4 Å². The molecular formula is C11H6BrFN4OS. The predicted octanol–water partition coefficient (Wildman–Crippen LogP) is 2.28. The number of anilines is 1. The van der Waals surface area contributed by atoms with Gasteiger partial charge in [-0.2, -0.15) is 5.26 Å². The number of hydrogen-bond donors (Lipinski definition) is 2. The number of rotatable bonds is 2. The van der Waals surface area contributed by atoms with Crippen LogP contribution in [0, 0.1) is 17.1 Å². The molecule has 19 heavy (non-hydrogen) atoms. The van der Waals surface area contributed by atoms with Crippen molar-refractivity contribution in [2.24, 2.45) is 0 Å². The van der Waals surface area contributed by atoms with E-state index in [2.05, 4.69) is 25.9 Å². The highest BCUT2D eigenvalue weighted by atomic mass is 79.9. The van der Waals surface area contributed by atoms with Crippen molar-refractivity contribution in [1.82, 2.24) is 9.97 Å². The molecule has 0 radical (unpaired) electrons. The zero-order valence-electron chi connectivity index (χ0n) is 9.28. The maximum Gasteiger partial charge on any atom is 0.253 e. The van der Waals surface area contributed by atoms with Crippen LogP contribution in [0.3, 0.4) is 0 Å². The summed E-state index contributed by atoms with van der Waals surface area (Å²) in [6.45, 7) is 0. The van der Waals surface area contributed by atoms with Gasteiger partial charge in [-0.25, -0.2) is 9.37 Å². The van der Waals surface area contributed by atoms with Crippen LogP contribution in [0.2, 0.25) is 0 Å². The van der Waals surface area contributed by atoms with Crippen LogP contribution < -0.4 is 11.3 Å². The molecule has 2 aromatic rings. The molecule has 1 heterocycles. The van der Waals surface area contributed by atoms with Crippen LogP contribution in [-0.2, 0) is 0 Å². The molecule has 0 amide bonds. The number of halogens is 2. The number of nitrogens with zero attached hydrogens (tertiary/aromatic N) is 2. The molecule has 0 atom stereocenters. The van der Waals surface area contributed by atoms with E-state index in [4.69, 9.17) is 11.0 Å². The Balaban J connectivity index is 2.42. The fraction of sp³-hybridized carbons (Fsp3) is 0. The van der Waals surface area contributed by atoms with Crippen LogP contribution in [0.1, 0.15) is 5.56 Å². The van der Waals surface area contributed by atoms with Crippen molar-refractivity contribution in [3.8, 4) is 6.07 Å². The number of nitrogen functional groups attached to an aromatic ring is 1. The fourth-order valence-corrected chi connectivity index (χ4v) is 2.71. The minimum absolute atomic E-state index is 0.0550. The summed E-state index contributed by atoms with van der Waals surface area (Å²) in [7, 11) is 0. The van der Waals surface area contributed by atoms with Crippen LogP contribution in [-0.4, -0.2) is 9.97 Å². The van der Waals surface area contributed by atoms with Crippen LogP contribution in [0.25, 0.3) is 0 Å². The number of nitriles is 1. The molecule has 96 valence electrons. The minimum atomic E-state index is -0.589. The molecule has 0 aliphatic heterocycles. The van der Waals surface area contributed by atoms with Gasteiger partial charge in [0.25, 0.3) is 5.56 Å². The Morgan fingerprint density at radius 1 is 1.53 bits per heavy atom. The Morgan fingerprint density at radius 2 is 2.26 bits per heavy atom. The molecule has 0 saturated heterocycles. The highest BCUT2D eigenvalue weighted by Gasteiger charge is 2.13. The Kier molecular flexibility index (Phi) is 3.87. The molecule has 0 spiro atoms. The SMILES string of the molecule is N#Cc1ccc(Sc2nc(N)cc(=O)[nH]2)c(F)c1Br. The number of H-pyrrole nitrogens is 1. The molecule has 0 fully saturated rings. The second kappa shape index (κ2) is 5.42. The summed E-state index contributed by atoms with van der Waals surface area (Å²) < 4.78 is 14.0. The van der Waals surface area contributed by atoms with Gasteiger partial charge in [-0.1, -0.05) is 0 Å². The molecule has 0 unspecified atom stereocenters. The third kappa shape index (κ3) is 2.94. The number of nitrogens with one attached hydrogen (secondary N) is 1. The van der Waals surface area contributed by atoms with E-state index in [-0.39, 0.29) is 25.9 Å². The van der Waals surface area contributed by atoms with Crippen molar-refractivity contribution in [3.63, 3.8) is 0 Å². The molecule has 8 heteroatoms. The highest BCUT2D eigenvalue weighted by Crippen LogP contribution is 2.32. The summed E-state index contributed by atoms with van der Waals surface area (Å²) in [5.74, 6) is -0.534. The molecule has 2 rings (SSSR count). The lowest BCUT2D eigenvalue weighted by Gasteiger charge is -2.05. The van der Waals surface area contributed by atoms with Crippen LogP contribution in [0.4, 0.5) is 10.2 Å². The molecule has 1 aromatic carbocycles. The molecule has 0 saturated carbocycles. The fourth-order valence-electron chi connectivity index (χ4n) is 1.30. The molecule has 0 aliphatic rings. The van der Waals surface area contributed by atoms with Crippen molar-refractivity contribution >= 4 is 33.5 Å². The summed E-state index contributed by atoms with van der Waals surface area (Å²) in [6, 6.07) is 5.90. The van der Waals surface area contributed by atoms with Crippen molar-refractivity contribution < 1.29 is 4.39 Å². The average Bonchev–Trinajstić information content (AvgIpc) is 2.34. The standard InChI is InChI=1S/C11H6BrFN4OS/c12-9-5(4-14)1-2-6(10(9)13)19-11-16-7(15)3-8(18)17-11/h1-3H,(H3,15,16,17,18). The molecule has 0 aliphatic carbocycles. The van der Waals surface area contributed by atoms with Crippen molar-refractivity contribution in [1.29, 1.82) is 5.26 Å². The van der Waals surface area contributed by atoms with Gasteiger partial charge in [0.15, 0.2) is 11.0 Å². The maximum absolute atomic E-state index is 14.0. The normalized spacial score (nSPS) is 10.2. The monoisotopic (exact) mass is 340 g/mol. The molecule has 5 nitrogen and oxygen atoms in total. The first kappa shape index (κ1) is 13.6. The lowest BCUT2D eigenvalue weighted by Crippen LogP contribution is -2.09. The summed E-state index contributed by atoms with van der Waals surface area (Å²) in [6.07, 6.45) is 0. The Bertz CT molecular complexity index is 740. The van der Waals surface area contributed by atoms with Crippen LogP contribution in [0.5, 0.6) is 0 Å². The highest BCUT2D eigenvalue weighted by molar-refractivity contribution is 9.10. The topological polar surface area (TPSA) is 95.6 Å². The van der Waals surface area contributed by atoms with Gasteiger partial charge in [0.2, 0.25) is 0 Å². The average molecular weight is 341 g/mol. The third-order valence-corrected chi connectivity index (χ3v) is 3.81. The summed E-state index contributed by atoms with van der Waals surface area (Å²) in [4.78, 5) is 17.8. The Hall–Kier alpha value is -1.85. The van der Waals surface area contributed by atoms with Gasteiger partial charge in [-0.05, 0) is 39.8 Å². The maximum atomic E-state index is 14.0. The number of aromatic amines is 1. The van der Waals surface area contributed by atoms with Crippen molar-refractivity contribution in [2.75, 3.05) is 5.73 Å². The largest absolute Gasteiger partial charge is 0.383 e. The first-order valence-corrected chi connectivity index (χ1v) is 6.55. The van der Waals surface area contributed by atoms with E-state index in [9.17, 15) is 9.18 Å². The smallest absolute Gasteiger partial charge is 0.253 e. The lowest BCUT2D eigenvalue weighted by molar-refractivity contribution is 0.594. The molecule has 1 aromatic heterocycles. The van der Waals surface area contributed by atoms with E-state index in [0.717, 1.165) is 17.8 Å². The van der Waals surface area contributed by atoms with E-state index in [1.807, 2.05) is 6.07 Å². The second-order valence-corrected chi connectivity index (χ2v) is 5.25. The molecule has 3 N–H and O–H groups in total. The minimum Gasteiger partial charge on any atom is -0.383 e. The number of nitrogens with two attached hydrogens (primary N) is 1.